The molecular weight excluding hydrogens is 350 g/mol. The molecule has 0 aliphatic carbocycles. The van der Waals surface area contributed by atoms with Crippen LogP contribution in [0.2, 0.25) is 0 Å². The van der Waals surface area contributed by atoms with Crippen molar-refractivity contribution in [3.63, 3.8) is 0 Å². The molecule has 1 aliphatic rings. The number of piperazine rings is 1. The summed E-state index contributed by atoms with van der Waals surface area (Å²) in [5, 5.41) is 4.47. The van der Waals surface area contributed by atoms with Gasteiger partial charge in [-0.05, 0) is 31.6 Å². The van der Waals surface area contributed by atoms with Gasteiger partial charge in [0.25, 0.3) is 0 Å². The van der Waals surface area contributed by atoms with E-state index in [9.17, 15) is 4.79 Å². The summed E-state index contributed by atoms with van der Waals surface area (Å²) in [6, 6.07) is 10.4. The normalized spacial score (nSPS) is 16.5. The molecule has 1 atom stereocenters. The highest BCUT2D eigenvalue weighted by Gasteiger charge is 2.22. The molecule has 1 amide bonds. The zero-order chi connectivity index (χ0) is 18.5. The number of amides is 1. The van der Waals surface area contributed by atoms with Crippen molar-refractivity contribution < 1.29 is 9.53 Å². The molecule has 26 heavy (non-hydrogen) atoms. The zero-order valence-corrected chi connectivity index (χ0v) is 16.1. The number of benzene rings is 1. The highest BCUT2D eigenvalue weighted by atomic mass is 32.1. The third kappa shape index (κ3) is 4.13. The van der Waals surface area contributed by atoms with Crippen molar-refractivity contribution in [2.75, 3.05) is 32.8 Å². The average molecular weight is 375 g/mol. The Bertz CT molecular complexity index is 780. The maximum Gasteiger partial charge on any atom is 0.409 e. The van der Waals surface area contributed by atoms with Gasteiger partial charge in [0.05, 0.1) is 19.3 Å². The molecule has 140 valence electrons. The van der Waals surface area contributed by atoms with E-state index in [1.165, 1.54) is 5.56 Å². The van der Waals surface area contributed by atoms with Gasteiger partial charge in [0.1, 0.15) is 6.33 Å². The van der Waals surface area contributed by atoms with E-state index in [4.69, 9.17) is 17.0 Å². The van der Waals surface area contributed by atoms with Crippen LogP contribution < -0.4 is 0 Å². The second kappa shape index (κ2) is 8.46. The van der Waals surface area contributed by atoms with Crippen molar-refractivity contribution in [3.05, 3.63) is 47.0 Å². The van der Waals surface area contributed by atoms with E-state index < -0.39 is 0 Å². The Kier molecular flexibility index (Phi) is 6.05. The fourth-order valence-electron chi connectivity index (χ4n) is 3.08. The van der Waals surface area contributed by atoms with Gasteiger partial charge in [-0.2, -0.15) is 5.10 Å². The molecule has 1 aromatic carbocycles. The summed E-state index contributed by atoms with van der Waals surface area (Å²) in [5.74, 6) is 0. The largest absolute Gasteiger partial charge is 0.450 e. The molecule has 1 fully saturated rings. The molecule has 2 aromatic rings. The summed E-state index contributed by atoms with van der Waals surface area (Å²) in [4.78, 5) is 15.8. The van der Waals surface area contributed by atoms with Gasteiger partial charge in [-0.25, -0.2) is 9.48 Å². The summed E-state index contributed by atoms with van der Waals surface area (Å²) in [6.07, 6.45) is 1.57. The van der Waals surface area contributed by atoms with Crippen molar-refractivity contribution in [2.24, 2.45) is 0 Å². The van der Waals surface area contributed by atoms with Crippen molar-refractivity contribution in [3.8, 4) is 0 Å². The number of aromatic nitrogens is 3. The zero-order valence-electron chi connectivity index (χ0n) is 15.2. The number of carbonyl (C=O) groups is 1. The molecule has 8 heteroatoms. The second-order valence-electron chi connectivity index (χ2n) is 6.35. The first-order valence-electron chi connectivity index (χ1n) is 8.93. The van der Waals surface area contributed by atoms with Gasteiger partial charge in [-0.15, -0.1) is 0 Å². The van der Waals surface area contributed by atoms with Crippen LogP contribution in [-0.4, -0.2) is 63.0 Å². The fourth-order valence-corrected chi connectivity index (χ4v) is 3.39. The molecule has 1 saturated heterocycles. The minimum atomic E-state index is -0.232. The van der Waals surface area contributed by atoms with Crippen molar-refractivity contribution in [2.45, 2.75) is 26.6 Å². The molecule has 0 spiro atoms. The van der Waals surface area contributed by atoms with Gasteiger partial charge >= 0.3 is 6.09 Å². The number of rotatable bonds is 5. The van der Waals surface area contributed by atoms with E-state index >= 15 is 0 Å². The number of nitrogens with zero attached hydrogens (tertiary/aromatic N) is 5. The lowest BCUT2D eigenvalue weighted by Crippen LogP contribution is -2.49. The van der Waals surface area contributed by atoms with E-state index in [2.05, 4.69) is 29.1 Å². The third-order valence-corrected chi connectivity index (χ3v) is 5.11. The van der Waals surface area contributed by atoms with Gasteiger partial charge < -0.3 is 9.64 Å². The highest BCUT2D eigenvalue weighted by molar-refractivity contribution is 7.71. The van der Waals surface area contributed by atoms with E-state index in [-0.39, 0.29) is 12.1 Å². The summed E-state index contributed by atoms with van der Waals surface area (Å²) in [6.45, 7) is 7.86. The van der Waals surface area contributed by atoms with Crippen LogP contribution in [0.3, 0.4) is 0 Å². The van der Waals surface area contributed by atoms with Crippen LogP contribution in [0.15, 0.2) is 36.7 Å². The molecular formula is C18H25N5O2S. The maximum absolute atomic E-state index is 11.8. The van der Waals surface area contributed by atoms with Gasteiger partial charge in [0.15, 0.2) is 4.77 Å². The van der Waals surface area contributed by atoms with Crippen LogP contribution in [0.25, 0.3) is 0 Å². The molecule has 0 radical (unpaired) electrons. The summed E-state index contributed by atoms with van der Waals surface area (Å²) in [7, 11) is 0. The summed E-state index contributed by atoms with van der Waals surface area (Å²) in [5.41, 5.74) is 1.20. The predicted molar refractivity (Wildman–Crippen MR) is 101 cm³/mol. The van der Waals surface area contributed by atoms with Crippen molar-refractivity contribution in [1.82, 2.24) is 24.1 Å². The molecule has 2 heterocycles. The van der Waals surface area contributed by atoms with E-state index in [0.717, 1.165) is 13.1 Å². The number of hydrogen-bond donors (Lipinski definition) is 0. The molecule has 7 nitrogen and oxygen atoms in total. The molecule has 0 unspecified atom stereocenters. The monoisotopic (exact) mass is 375 g/mol. The van der Waals surface area contributed by atoms with Crippen LogP contribution in [0.4, 0.5) is 4.79 Å². The van der Waals surface area contributed by atoms with Gasteiger partial charge in [-0.1, -0.05) is 30.3 Å². The summed E-state index contributed by atoms with van der Waals surface area (Å²) >= 11 is 5.62. The highest BCUT2D eigenvalue weighted by Crippen LogP contribution is 2.18. The SMILES string of the molecule is CCOC(=O)N1CCN(Cn2ncn([C@H](C)c3ccccc3)c2=S)CC1. The van der Waals surface area contributed by atoms with Crippen LogP contribution in [0.1, 0.15) is 25.5 Å². The average Bonchev–Trinajstić information content (AvgIpc) is 3.03. The molecule has 1 aliphatic heterocycles. The first-order valence-corrected chi connectivity index (χ1v) is 9.34. The lowest BCUT2D eigenvalue weighted by Gasteiger charge is -2.33. The second-order valence-corrected chi connectivity index (χ2v) is 6.72. The Labute approximate surface area is 158 Å². The van der Waals surface area contributed by atoms with Crippen LogP contribution in [0.5, 0.6) is 0 Å². The minimum Gasteiger partial charge on any atom is -0.450 e. The molecule has 3 rings (SSSR count). The maximum atomic E-state index is 11.8. The Hall–Kier alpha value is -2.19. The van der Waals surface area contributed by atoms with E-state index in [0.29, 0.717) is 31.1 Å². The van der Waals surface area contributed by atoms with Gasteiger partial charge in [-0.3, -0.25) is 9.47 Å². The van der Waals surface area contributed by atoms with Crippen LogP contribution in [-0.2, 0) is 11.4 Å². The Balaban J connectivity index is 1.61. The quantitative estimate of drug-likeness (QED) is 0.752. The lowest BCUT2D eigenvalue weighted by atomic mass is 10.1. The third-order valence-electron chi connectivity index (χ3n) is 4.69. The van der Waals surface area contributed by atoms with Crippen LogP contribution in [0, 0.1) is 4.77 Å². The molecule has 0 N–H and O–H groups in total. The number of carbonyl (C=O) groups excluding carboxylic acids is 1. The van der Waals surface area contributed by atoms with Gasteiger partial charge in [0.2, 0.25) is 0 Å². The van der Waals surface area contributed by atoms with E-state index in [1.807, 2.05) is 34.4 Å². The molecule has 0 saturated carbocycles. The smallest absolute Gasteiger partial charge is 0.409 e. The number of ether oxygens (including phenoxy) is 1. The first-order chi connectivity index (χ1) is 12.6. The fraction of sp³-hybridized carbons (Fsp3) is 0.500. The minimum absolute atomic E-state index is 0.137. The van der Waals surface area contributed by atoms with E-state index in [1.54, 1.807) is 11.2 Å². The molecule has 1 aromatic heterocycles. The van der Waals surface area contributed by atoms with Crippen LogP contribution >= 0.6 is 12.2 Å². The molecule has 0 bridgehead atoms. The van der Waals surface area contributed by atoms with Crippen molar-refractivity contribution in [1.29, 1.82) is 0 Å². The van der Waals surface area contributed by atoms with Gasteiger partial charge in [0, 0.05) is 26.2 Å². The Morgan fingerprint density at radius 3 is 2.58 bits per heavy atom. The standard InChI is InChI=1S/C18H25N5O2S/c1-3-25-18(24)21-11-9-20(10-12-21)14-23-17(26)22(13-19-23)15(2)16-7-5-4-6-8-16/h4-8,13,15H,3,9-12,14H2,1-2H3/t15-/m1/s1. The topological polar surface area (TPSA) is 55.5 Å². The lowest BCUT2D eigenvalue weighted by molar-refractivity contribution is 0.0690. The van der Waals surface area contributed by atoms with Crippen molar-refractivity contribution >= 4 is 18.3 Å². The Morgan fingerprint density at radius 2 is 1.92 bits per heavy atom. The Morgan fingerprint density at radius 1 is 1.23 bits per heavy atom. The number of hydrogen-bond acceptors (Lipinski definition) is 5. The first kappa shape index (κ1) is 18.6. The summed E-state index contributed by atoms with van der Waals surface area (Å²) < 4.78 is 9.62. The predicted octanol–water partition coefficient (Wildman–Crippen LogP) is 2.75.